The van der Waals surface area contributed by atoms with Crippen molar-refractivity contribution in [1.29, 1.82) is 0 Å². The monoisotopic (exact) mass is 277 g/mol. The van der Waals surface area contributed by atoms with Crippen molar-refractivity contribution in [1.82, 2.24) is 4.98 Å². The van der Waals surface area contributed by atoms with Crippen molar-refractivity contribution in [3.63, 3.8) is 0 Å². The first-order chi connectivity index (χ1) is 8.99. The normalized spacial score (nSPS) is 10.2. The Morgan fingerprint density at radius 3 is 2.74 bits per heavy atom. The Hall–Kier alpha value is -2.27. The van der Waals surface area contributed by atoms with Crippen LogP contribution in [-0.4, -0.2) is 17.9 Å². The Labute approximate surface area is 114 Å². The number of anilines is 2. The highest BCUT2D eigenvalue weighted by Crippen LogP contribution is 2.26. The molecule has 0 aliphatic rings. The van der Waals surface area contributed by atoms with Gasteiger partial charge in [-0.3, -0.25) is 9.59 Å². The van der Waals surface area contributed by atoms with E-state index in [1.165, 1.54) is 23.1 Å². The van der Waals surface area contributed by atoms with Crippen LogP contribution in [0, 0.1) is 0 Å². The number of nitrogen functional groups attached to an aromatic ring is 1. The van der Waals surface area contributed by atoms with Crippen LogP contribution in [0.25, 0.3) is 0 Å². The first kappa shape index (κ1) is 13.2. The molecule has 0 aliphatic carbocycles. The van der Waals surface area contributed by atoms with E-state index < -0.39 is 0 Å². The Kier molecular flexibility index (Phi) is 3.57. The van der Waals surface area contributed by atoms with Gasteiger partial charge in [-0.05, 0) is 24.3 Å². The van der Waals surface area contributed by atoms with Crippen molar-refractivity contribution in [3.05, 3.63) is 57.5 Å². The van der Waals surface area contributed by atoms with Crippen LogP contribution in [0.3, 0.4) is 0 Å². The lowest BCUT2D eigenvalue weighted by Gasteiger charge is -2.19. The lowest BCUT2D eigenvalue weighted by molar-refractivity contribution is 0.0988. The van der Waals surface area contributed by atoms with Gasteiger partial charge in [-0.2, -0.15) is 0 Å². The second-order valence-electron chi connectivity index (χ2n) is 4.00. The molecule has 0 fully saturated rings. The topological polar surface area (TPSA) is 79.2 Å². The predicted octanol–water partition coefficient (Wildman–Crippen LogP) is 1.89. The highest BCUT2D eigenvalue weighted by atomic mass is 35.5. The zero-order chi connectivity index (χ0) is 14.0. The molecule has 1 heterocycles. The second kappa shape index (κ2) is 5.16. The van der Waals surface area contributed by atoms with Crippen LogP contribution < -0.4 is 16.2 Å². The molecule has 19 heavy (non-hydrogen) atoms. The first-order valence-electron chi connectivity index (χ1n) is 5.51. The smallest absolute Gasteiger partial charge is 0.274 e. The van der Waals surface area contributed by atoms with Crippen molar-refractivity contribution in [2.75, 3.05) is 17.7 Å². The fourth-order valence-electron chi connectivity index (χ4n) is 1.67. The number of halogens is 1. The minimum Gasteiger partial charge on any atom is -0.397 e. The van der Waals surface area contributed by atoms with E-state index in [2.05, 4.69) is 4.98 Å². The van der Waals surface area contributed by atoms with Crippen LogP contribution in [0.15, 0.2) is 41.2 Å². The molecule has 0 spiro atoms. The van der Waals surface area contributed by atoms with E-state index in [4.69, 9.17) is 17.3 Å². The lowest BCUT2D eigenvalue weighted by atomic mass is 10.2. The number of H-pyrrole nitrogens is 1. The van der Waals surface area contributed by atoms with E-state index >= 15 is 0 Å². The molecule has 2 rings (SSSR count). The molecule has 1 aromatic carbocycles. The van der Waals surface area contributed by atoms with Crippen molar-refractivity contribution in [2.45, 2.75) is 0 Å². The predicted molar refractivity (Wildman–Crippen MR) is 75.7 cm³/mol. The molecule has 0 saturated carbocycles. The van der Waals surface area contributed by atoms with Crippen molar-refractivity contribution < 1.29 is 4.79 Å². The van der Waals surface area contributed by atoms with Crippen molar-refractivity contribution in [3.8, 4) is 0 Å². The highest BCUT2D eigenvalue weighted by Gasteiger charge is 2.16. The minimum atomic E-state index is -0.369. The average Bonchev–Trinajstić information content (AvgIpc) is 2.40. The van der Waals surface area contributed by atoms with Gasteiger partial charge in [-0.1, -0.05) is 17.7 Å². The number of amides is 1. The molecule has 1 aromatic heterocycles. The molecular weight excluding hydrogens is 266 g/mol. The van der Waals surface area contributed by atoms with E-state index in [0.29, 0.717) is 16.4 Å². The van der Waals surface area contributed by atoms with Gasteiger partial charge in [0.1, 0.15) is 5.69 Å². The highest BCUT2D eigenvalue weighted by molar-refractivity contribution is 6.31. The molecule has 1 amide bonds. The molecule has 3 N–H and O–H groups in total. The first-order valence-corrected chi connectivity index (χ1v) is 5.89. The number of nitrogens with one attached hydrogen (secondary N) is 1. The summed E-state index contributed by atoms with van der Waals surface area (Å²) in [5.74, 6) is -0.369. The maximum Gasteiger partial charge on any atom is 0.274 e. The SMILES string of the molecule is CN(C(=O)c1cccc(=O)[nH]1)c1cc(Cl)ccc1N. The number of carbonyl (C=O) groups excluding carboxylic acids is 1. The Morgan fingerprint density at radius 1 is 1.32 bits per heavy atom. The third-order valence-electron chi connectivity index (χ3n) is 2.66. The van der Waals surface area contributed by atoms with E-state index in [-0.39, 0.29) is 17.2 Å². The number of nitrogens with two attached hydrogens (primary N) is 1. The standard InChI is InChI=1S/C13H12ClN3O2/c1-17(11-7-8(14)5-6-9(11)15)13(19)10-3-2-4-12(18)16-10/h2-7H,15H2,1H3,(H,16,18). The van der Waals surface area contributed by atoms with E-state index in [1.807, 2.05) is 0 Å². The van der Waals surface area contributed by atoms with Crippen LogP contribution in [0.4, 0.5) is 11.4 Å². The summed E-state index contributed by atoms with van der Waals surface area (Å²) < 4.78 is 0. The summed E-state index contributed by atoms with van der Waals surface area (Å²) >= 11 is 5.89. The lowest BCUT2D eigenvalue weighted by Crippen LogP contribution is -2.29. The summed E-state index contributed by atoms with van der Waals surface area (Å²) in [6, 6.07) is 9.24. The fraction of sp³-hybridized carbons (Fsp3) is 0.0769. The van der Waals surface area contributed by atoms with Crippen LogP contribution in [0.2, 0.25) is 5.02 Å². The summed E-state index contributed by atoms with van der Waals surface area (Å²) in [4.78, 5) is 27.2. The van der Waals surface area contributed by atoms with E-state index in [1.54, 1.807) is 25.2 Å². The molecule has 0 radical (unpaired) electrons. The van der Waals surface area contributed by atoms with Crippen molar-refractivity contribution in [2.24, 2.45) is 0 Å². The van der Waals surface area contributed by atoms with Gasteiger partial charge in [-0.25, -0.2) is 0 Å². The Balaban J connectivity index is 2.39. The Morgan fingerprint density at radius 2 is 2.05 bits per heavy atom. The number of hydrogen-bond acceptors (Lipinski definition) is 3. The molecule has 5 nitrogen and oxygen atoms in total. The van der Waals surface area contributed by atoms with Gasteiger partial charge in [0.25, 0.3) is 5.91 Å². The molecule has 0 unspecified atom stereocenters. The number of aromatic amines is 1. The number of rotatable bonds is 2. The zero-order valence-corrected chi connectivity index (χ0v) is 10.9. The zero-order valence-electron chi connectivity index (χ0n) is 10.2. The fourth-order valence-corrected chi connectivity index (χ4v) is 1.84. The number of benzene rings is 1. The molecule has 0 atom stereocenters. The third-order valence-corrected chi connectivity index (χ3v) is 2.89. The molecular formula is C13H12ClN3O2. The van der Waals surface area contributed by atoms with E-state index in [9.17, 15) is 9.59 Å². The van der Waals surface area contributed by atoms with Gasteiger partial charge >= 0.3 is 0 Å². The quantitative estimate of drug-likeness (QED) is 0.823. The molecule has 98 valence electrons. The molecule has 0 aliphatic heterocycles. The number of hydrogen-bond donors (Lipinski definition) is 2. The van der Waals surface area contributed by atoms with Crippen LogP contribution in [0.5, 0.6) is 0 Å². The van der Waals surface area contributed by atoms with Gasteiger partial charge in [0.15, 0.2) is 0 Å². The summed E-state index contributed by atoms with van der Waals surface area (Å²) in [5, 5.41) is 0.477. The maximum absolute atomic E-state index is 12.2. The molecule has 6 heteroatoms. The third kappa shape index (κ3) is 2.77. The molecule has 0 bridgehead atoms. The van der Waals surface area contributed by atoms with Crippen LogP contribution in [-0.2, 0) is 0 Å². The van der Waals surface area contributed by atoms with Gasteiger partial charge < -0.3 is 15.6 Å². The van der Waals surface area contributed by atoms with Gasteiger partial charge in [-0.15, -0.1) is 0 Å². The number of aromatic nitrogens is 1. The second-order valence-corrected chi connectivity index (χ2v) is 4.43. The van der Waals surface area contributed by atoms with Gasteiger partial charge in [0.2, 0.25) is 5.56 Å². The number of nitrogens with zero attached hydrogens (tertiary/aromatic N) is 1. The largest absolute Gasteiger partial charge is 0.397 e. The molecule has 0 saturated heterocycles. The van der Waals surface area contributed by atoms with Gasteiger partial charge in [0.05, 0.1) is 11.4 Å². The maximum atomic E-state index is 12.2. The minimum absolute atomic E-state index is 0.189. The van der Waals surface area contributed by atoms with Crippen LogP contribution >= 0.6 is 11.6 Å². The van der Waals surface area contributed by atoms with E-state index in [0.717, 1.165) is 0 Å². The van der Waals surface area contributed by atoms with Gasteiger partial charge in [0, 0.05) is 18.1 Å². The summed E-state index contributed by atoms with van der Waals surface area (Å²) in [7, 11) is 1.57. The summed E-state index contributed by atoms with van der Waals surface area (Å²) in [6.07, 6.45) is 0. The summed E-state index contributed by atoms with van der Waals surface area (Å²) in [6.45, 7) is 0. The van der Waals surface area contributed by atoms with Crippen molar-refractivity contribution >= 4 is 28.9 Å². The average molecular weight is 278 g/mol. The molecule has 2 aromatic rings. The number of pyridine rings is 1. The Bertz CT molecular complexity index is 682. The summed E-state index contributed by atoms with van der Waals surface area (Å²) in [5.41, 5.74) is 6.58. The number of carbonyl (C=O) groups is 1. The van der Waals surface area contributed by atoms with Crippen LogP contribution in [0.1, 0.15) is 10.5 Å².